The Balaban J connectivity index is 1.64. The van der Waals surface area contributed by atoms with Crippen LogP contribution in [0.3, 0.4) is 0 Å². The van der Waals surface area contributed by atoms with Crippen LogP contribution >= 0.6 is 12.2 Å². The van der Waals surface area contributed by atoms with Crippen molar-refractivity contribution in [2.45, 2.75) is 19.2 Å². The van der Waals surface area contributed by atoms with Crippen LogP contribution in [0.2, 0.25) is 0 Å². The third-order valence-corrected chi connectivity index (χ3v) is 3.96. The molecule has 6 nitrogen and oxygen atoms in total. The molecule has 1 atom stereocenters. The number of benzene rings is 1. The lowest BCUT2D eigenvalue weighted by Crippen LogP contribution is -2.36. The fourth-order valence-corrected chi connectivity index (χ4v) is 2.63. The summed E-state index contributed by atoms with van der Waals surface area (Å²) in [6.07, 6.45) is 1.21. The van der Waals surface area contributed by atoms with Crippen LogP contribution in [0.15, 0.2) is 30.6 Å². The summed E-state index contributed by atoms with van der Waals surface area (Å²) in [6.45, 7) is 3.02. The molecule has 21 heavy (non-hydrogen) atoms. The van der Waals surface area contributed by atoms with Gasteiger partial charge in [0.25, 0.3) is 0 Å². The maximum atomic E-state index is 10.4. The molecule has 1 aromatic heterocycles. The monoisotopic (exact) mass is 303 g/mol. The number of β-amino-alcohol motifs (C(OH)–C–C–N with tert-alkyl or cyclic N) is 1. The summed E-state index contributed by atoms with van der Waals surface area (Å²) in [4.78, 5) is 2.54. The molecule has 0 radical (unpaired) electrons. The van der Waals surface area contributed by atoms with Crippen molar-refractivity contribution in [1.82, 2.24) is 19.7 Å². The van der Waals surface area contributed by atoms with E-state index in [0.717, 1.165) is 30.0 Å². The first kappa shape index (κ1) is 14.1. The number of aliphatic hydroxyl groups is 1. The zero-order valence-corrected chi connectivity index (χ0v) is 12.3. The van der Waals surface area contributed by atoms with Crippen molar-refractivity contribution in [3.8, 4) is 0 Å². The van der Waals surface area contributed by atoms with E-state index in [1.807, 2.05) is 28.8 Å². The Labute approximate surface area is 128 Å². The van der Waals surface area contributed by atoms with Gasteiger partial charge in [0.2, 0.25) is 0 Å². The molecule has 1 unspecified atom stereocenters. The van der Waals surface area contributed by atoms with E-state index in [4.69, 9.17) is 18.0 Å². The molecule has 0 fully saturated rings. The number of fused-ring (bicyclic) bond motifs is 1. The second-order valence-electron chi connectivity index (χ2n) is 5.18. The van der Waals surface area contributed by atoms with Crippen LogP contribution in [-0.4, -0.2) is 42.8 Å². The van der Waals surface area contributed by atoms with Gasteiger partial charge in [-0.1, -0.05) is 36.5 Å². The molecule has 0 aliphatic carbocycles. The molecule has 3 N–H and O–H groups in total. The van der Waals surface area contributed by atoms with E-state index >= 15 is 0 Å². The Morgan fingerprint density at radius 3 is 2.81 bits per heavy atom. The van der Waals surface area contributed by atoms with Gasteiger partial charge in [-0.15, -0.1) is 10.2 Å². The summed E-state index contributed by atoms with van der Waals surface area (Å²) in [7, 11) is 0. The van der Waals surface area contributed by atoms with Crippen molar-refractivity contribution >= 4 is 17.2 Å². The fourth-order valence-electron chi connectivity index (χ4n) is 2.49. The van der Waals surface area contributed by atoms with E-state index in [1.54, 1.807) is 6.33 Å². The Morgan fingerprint density at radius 1 is 1.33 bits per heavy atom. The van der Waals surface area contributed by atoms with E-state index in [-0.39, 0.29) is 0 Å². The minimum absolute atomic E-state index is 0.367. The van der Waals surface area contributed by atoms with Crippen LogP contribution < -0.4 is 5.73 Å². The first-order valence-electron chi connectivity index (χ1n) is 6.80. The topological polar surface area (TPSA) is 80.2 Å². The van der Waals surface area contributed by atoms with E-state index in [9.17, 15) is 5.11 Å². The highest BCUT2D eigenvalue weighted by Gasteiger charge is 2.20. The highest BCUT2D eigenvalue weighted by Crippen LogP contribution is 2.18. The van der Waals surface area contributed by atoms with Crippen LogP contribution in [-0.2, 0) is 13.1 Å². The van der Waals surface area contributed by atoms with Gasteiger partial charge in [0, 0.05) is 25.2 Å². The lowest BCUT2D eigenvalue weighted by molar-refractivity contribution is 0.0962. The van der Waals surface area contributed by atoms with Crippen LogP contribution in [0.25, 0.3) is 0 Å². The molecule has 7 heteroatoms. The molecule has 0 saturated carbocycles. The lowest BCUT2D eigenvalue weighted by atomic mass is 10.1. The second-order valence-corrected chi connectivity index (χ2v) is 5.62. The zero-order valence-electron chi connectivity index (χ0n) is 11.5. The maximum Gasteiger partial charge on any atom is 0.147 e. The average Bonchev–Trinajstić information content (AvgIpc) is 2.95. The first-order chi connectivity index (χ1) is 10.1. The number of rotatable bonds is 4. The lowest BCUT2D eigenvalue weighted by Gasteiger charge is -2.28. The minimum Gasteiger partial charge on any atom is -0.389 e. The quantitative estimate of drug-likeness (QED) is 0.799. The number of hydrogen-bond donors (Lipinski definition) is 2. The van der Waals surface area contributed by atoms with Crippen molar-refractivity contribution in [3.05, 3.63) is 47.5 Å². The van der Waals surface area contributed by atoms with Crippen LogP contribution in [0.5, 0.6) is 0 Å². The minimum atomic E-state index is -0.542. The predicted molar refractivity (Wildman–Crippen MR) is 82.6 cm³/mol. The summed E-state index contributed by atoms with van der Waals surface area (Å²) >= 11 is 4.92. The van der Waals surface area contributed by atoms with Gasteiger partial charge in [-0.2, -0.15) is 0 Å². The molecular formula is C14H17N5OS. The van der Waals surface area contributed by atoms with Crippen molar-refractivity contribution < 1.29 is 5.11 Å². The summed E-state index contributed by atoms with van der Waals surface area (Å²) in [5.74, 6) is 0.942. The van der Waals surface area contributed by atoms with E-state index in [0.29, 0.717) is 18.1 Å². The summed E-state index contributed by atoms with van der Waals surface area (Å²) in [6, 6.07) is 7.42. The molecule has 0 bridgehead atoms. The van der Waals surface area contributed by atoms with Crippen LogP contribution in [0.4, 0.5) is 0 Å². The van der Waals surface area contributed by atoms with Crippen LogP contribution in [0, 0.1) is 0 Å². The molecule has 1 aromatic carbocycles. The third-order valence-electron chi connectivity index (χ3n) is 3.73. The molecule has 2 aromatic rings. The van der Waals surface area contributed by atoms with Gasteiger partial charge in [0.15, 0.2) is 0 Å². The predicted octanol–water partition coefficient (Wildman–Crippen LogP) is 0.461. The van der Waals surface area contributed by atoms with Gasteiger partial charge in [-0.3, -0.25) is 4.90 Å². The summed E-state index contributed by atoms with van der Waals surface area (Å²) < 4.78 is 2.04. The Kier molecular flexibility index (Phi) is 3.96. The highest BCUT2D eigenvalue weighted by atomic mass is 32.1. The number of hydrogen-bond acceptors (Lipinski definition) is 5. The number of aliphatic hydroxyl groups excluding tert-OH is 1. The van der Waals surface area contributed by atoms with Crippen molar-refractivity contribution in [2.24, 2.45) is 5.73 Å². The molecule has 0 saturated heterocycles. The molecule has 0 spiro atoms. The number of nitrogens with two attached hydrogens (primary N) is 1. The maximum absolute atomic E-state index is 10.4. The van der Waals surface area contributed by atoms with Crippen molar-refractivity contribution in [3.63, 3.8) is 0 Å². The molecule has 110 valence electrons. The second kappa shape index (κ2) is 5.88. The van der Waals surface area contributed by atoms with Crippen LogP contribution in [0.1, 0.15) is 23.1 Å². The number of nitrogens with zero attached hydrogens (tertiary/aromatic N) is 4. The standard InChI is InChI=1S/C14H17N5OS/c15-14(21)11-3-1-10(2-4-11)12(20)7-18-5-6-19-9-16-17-13(19)8-18/h1-4,9,12,20H,5-8H2,(H2,15,21). The molecule has 1 aliphatic heterocycles. The number of thiocarbonyl (C=S) groups is 1. The van der Waals surface area contributed by atoms with Gasteiger partial charge in [-0.25, -0.2) is 0 Å². The molecule has 1 aliphatic rings. The van der Waals surface area contributed by atoms with Crippen molar-refractivity contribution in [1.29, 1.82) is 0 Å². The van der Waals surface area contributed by atoms with Gasteiger partial charge in [0.1, 0.15) is 17.1 Å². The zero-order chi connectivity index (χ0) is 14.8. The van der Waals surface area contributed by atoms with E-state index in [2.05, 4.69) is 15.1 Å². The van der Waals surface area contributed by atoms with Gasteiger partial charge >= 0.3 is 0 Å². The Morgan fingerprint density at radius 2 is 2.10 bits per heavy atom. The molecular weight excluding hydrogens is 286 g/mol. The smallest absolute Gasteiger partial charge is 0.147 e. The Hall–Kier alpha value is -1.83. The average molecular weight is 303 g/mol. The fraction of sp³-hybridized carbons (Fsp3) is 0.357. The molecule has 3 rings (SSSR count). The largest absolute Gasteiger partial charge is 0.389 e. The normalized spacial score (nSPS) is 16.4. The van der Waals surface area contributed by atoms with Gasteiger partial charge in [-0.05, 0) is 5.56 Å². The van der Waals surface area contributed by atoms with Gasteiger partial charge in [0.05, 0.1) is 12.6 Å². The molecule has 0 amide bonds. The number of aromatic nitrogens is 3. The SMILES string of the molecule is NC(=S)c1ccc(C(O)CN2CCn3cnnc3C2)cc1. The summed E-state index contributed by atoms with van der Waals surface area (Å²) in [5, 5.41) is 18.3. The molecule has 2 heterocycles. The highest BCUT2D eigenvalue weighted by molar-refractivity contribution is 7.80. The van der Waals surface area contributed by atoms with Gasteiger partial charge < -0.3 is 15.4 Å². The summed E-state index contributed by atoms with van der Waals surface area (Å²) in [5.41, 5.74) is 7.24. The first-order valence-corrected chi connectivity index (χ1v) is 7.21. The third kappa shape index (κ3) is 3.10. The Bertz CT molecular complexity index is 639. The van der Waals surface area contributed by atoms with Crippen molar-refractivity contribution in [2.75, 3.05) is 13.1 Å². The van der Waals surface area contributed by atoms with E-state index < -0.39 is 6.10 Å². The van der Waals surface area contributed by atoms with E-state index in [1.165, 1.54) is 0 Å².